The van der Waals surface area contributed by atoms with E-state index in [-0.39, 0.29) is 0 Å². The second-order valence-electron chi connectivity index (χ2n) is 4.44. The molecule has 90 valence electrons. The lowest BCUT2D eigenvalue weighted by Crippen LogP contribution is -2.32. The minimum Gasteiger partial charge on any atom is -0.325 e. The van der Waals surface area contributed by atoms with Crippen LogP contribution in [-0.2, 0) is 13.1 Å². The van der Waals surface area contributed by atoms with Gasteiger partial charge in [-0.25, -0.2) is 4.98 Å². The molecular weight excluding hydrogens is 218 g/mol. The van der Waals surface area contributed by atoms with Gasteiger partial charge < -0.3 is 5.73 Å². The molecular formula is C12H21N3S. The summed E-state index contributed by atoms with van der Waals surface area (Å²) in [5.74, 6) is 0. The summed E-state index contributed by atoms with van der Waals surface area (Å²) in [5, 5.41) is 3.21. The Morgan fingerprint density at radius 2 is 2.25 bits per heavy atom. The third-order valence-corrected chi connectivity index (χ3v) is 4.31. The van der Waals surface area contributed by atoms with Crippen molar-refractivity contribution in [3.05, 3.63) is 16.1 Å². The molecule has 0 aliphatic heterocycles. The first-order valence-corrected chi connectivity index (χ1v) is 7.08. The first kappa shape index (κ1) is 12.0. The second-order valence-corrected chi connectivity index (χ2v) is 5.38. The fourth-order valence-electron chi connectivity index (χ4n) is 2.49. The van der Waals surface area contributed by atoms with Gasteiger partial charge in [-0.3, -0.25) is 4.90 Å². The quantitative estimate of drug-likeness (QED) is 0.857. The lowest BCUT2D eigenvalue weighted by Gasteiger charge is -2.26. The Morgan fingerprint density at radius 1 is 1.50 bits per heavy atom. The molecule has 0 bridgehead atoms. The molecule has 0 unspecified atom stereocenters. The van der Waals surface area contributed by atoms with E-state index in [1.165, 1.54) is 31.4 Å². The Labute approximate surface area is 102 Å². The van der Waals surface area contributed by atoms with Gasteiger partial charge in [-0.1, -0.05) is 19.8 Å². The van der Waals surface area contributed by atoms with E-state index in [9.17, 15) is 0 Å². The summed E-state index contributed by atoms with van der Waals surface area (Å²) < 4.78 is 0. The first-order chi connectivity index (χ1) is 7.83. The van der Waals surface area contributed by atoms with Crippen LogP contribution < -0.4 is 5.73 Å². The van der Waals surface area contributed by atoms with Crippen LogP contribution in [0.2, 0.25) is 0 Å². The van der Waals surface area contributed by atoms with Gasteiger partial charge in [-0.2, -0.15) is 0 Å². The highest BCUT2D eigenvalue weighted by atomic mass is 32.1. The molecule has 2 rings (SSSR count). The monoisotopic (exact) mass is 239 g/mol. The van der Waals surface area contributed by atoms with Crippen LogP contribution in [0.15, 0.2) is 5.38 Å². The van der Waals surface area contributed by atoms with Gasteiger partial charge in [0.25, 0.3) is 0 Å². The Balaban J connectivity index is 1.94. The SMILES string of the molecule is CCN(Cc1csc(CN)n1)C1CCCC1. The maximum absolute atomic E-state index is 5.58. The van der Waals surface area contributed by atoms with Crippen molar-refractivity contribution in [2.24, 2.45) is 5.73 Å². The predicted molar refractivity (Wildman–Crippen MR) is 68.3 cm³/mol. The van der Waals surface area contributed by atoms with Crippen molar-refractivity contribution >= 4 is 11.3 Å². The predicted octanol–water partition coefficient (Wildman–Crippen LogP) is 2.37. The zero-order valence-corrected chi connectivity index (χ0v) is 10.8. The summed E-state index contributed by atoms with van der Waals surface area (Å²) in [6, 6.07) is 0.785. The van der Waals surface area contributed by atoms with Crippen LogP contribution in [0.25, 0.3) is 0 Å². The smallest absolute Gasteiger partial charge is 0.106 e. The van der Waals surface area contributed by atoms with Gasteiger partial charge in [0.05, 0.1) is 5.69 Å². The minimum atomic E-state index is 0.570. The van der Waals surface area contributed by atoms with Crippen LogP contribution in [0.1, 0.15) is 43.3 Å². The molecule has 0 aromatic carbocycles. The number of hydrogen-bond acceptors (Lipinski definition) is 4. The highest BCUT2D eigenvalue weighted by molar-refractivity contribution is 7.09. The molecule has 0 radical (unpaired) electrons. The van der Waals surface area contributed by atoms with Crippen molar-refractivity contribution in [2.45, 2.75) is 51.7 Å². The third kappa shape index (κ3) is 2.81. The molecule has 1 fully saturated rings. The van der Waals surface area contributed by atoms with E-state index in [1.54, 1.807) is 11.3 Å². The lowest BCUT2D eigenvalue weighted by molar-refractivity contribution is 0.198. The highest BCUT2D eigenvalue weighted by Crippen LogP contribution is 2.24. The zero-order valence-electron chi connectivity index (χ0n) is 9.98. The topological polar surface area (TPSA) is 42.1 Å². The largest absolute Gasteiger partial charge is 0.325 e. The van der Waals surface area contributed by atoms with Crippen LogP contribution in [-0.4, -0.2) is 22.5 Å². The maximum atomic E-state index is 5.58. The van der Waals surface area contributed by atoms with E-state index in [1.807, 2.05) is 0 Å². The summed E-state index contributed by atoms with van der Waals surface area (Å²) in [7, 11) is 0. The Kier molecular flexibility index (Phi) is 4.32. The van der Waals surface area contributed by atoms with Crippen molar-refractivity contribution in [2.75, 3.05) is 6.54 Å². The van der Waals surface area contributed by atoms with Gasteiger partial charge in [-0.05, 0) is 19.4 Å². The van der Waals surface area contributed by atoms with Gasteiger partial charge >= 0.3 is 0 Å². The average molecular weight is 239 g/mol. The van der Waals surface area contributed by atoms with E-state index in [2.05, 4.69) is 22.2 Å². The van der Waals surface area contributed by atoms with Crippen LogP contribution >= 0.6 is 11.3 Å². The molecule has 2 N–H and O–H groups in total. The molecule has 1 aromatic heterocycles. The van der Waals surface area contributed by atoms with Crippen LogP contribution in [0.4, 0.5) is 0 Å². The number of rotatable bonds is 5. The molecule has 0 amide bonds. The second kappa shape index (κ2) is 5.75. The molecule has 1 aliphatic rings. The molecule has 0 atom stereocenters. The summed E-state index contributed by atoms with van der Waals surface area (Å²) in [6.07, 6.45) is 5.52. The number of thiazole rings is 1. The summed E-state index contributed by atoms with van der Waals surface area (Å²) >= 11 is 1.68. The fourth-order valence-corrected chi connectivity index (χ4v) is 3.16. The van der Waals surface area contributed by atoms with E-state index in [4.69, 9.17) is 5.73 Å². The Bertz CT molecular complexity index is 318. The summed E-state index contributed by atoms with van der Waals surface area (Å²) in [6.45, 7) is 4.94. The van der Waals surface area contributed by atoms with Gasteiger partial charge in [0.2, 0.25) is 0 Å². The van der Waals surface area contributed by atoms with Crippen molar-refractivity contribution in [1.29, 1.82) is 0 Å². The fraction of sp³-hybridized carbons (Fsp3) is 0.750. The number of nitrogens with two attached hydrogens (primary N) is 1. The van der Waals surface area contributed by atoms with Gasteiger partial charge in [-0.15, -0.1) is 11.3 Å². The van der Waals surface area contributed by atoms with Crippen LogP contribution in [0.3, 0.4) is 0 Å². The maximum Gasteiger partial charge on any atom is 0.106 e. The summed E-state index contributed by atoms with van der Waals surface area (Å²) in [4.78, 5) is 7.10. The molecule has 0 spiro atoms. The molecule has 4 heteroatoms. The average Bonchev–Trinajstić information content (AvgIpc) is 2.96. The third-order valence-electron chi connectivity index (χ3n) is 3.39. The number of nitrogens with zero attached hydrogens (tertiary/aromatic N) is 2. The molecule has 0 saturated heterocycles. The van der Waals surface area contributed by atoms with Crippen molar-refractivity contribution < 1.29 is 0 Å². The zero-order chi connectivity index (χ0) is 11.4. The minimum absolute atomic E-state index is 0.570. The normalized spacial score (nSPS) is 17.4. The molecule has 1 heterocycles. The molecule has 1 aliphatic carbocycles. The standard InChI is InChI=1S/C12H21N3S/c1-2-15(11-5-3-4-6-11)8-10-9-16-12(7-13)14-10/h9,11H,2-8,13H2,1H3. The lowest BCUT2D eigenvalue weighted by atomic mass is 10.2. The summed E-state index contributed by atoms with van der Waals surface area (Å²) in [5.41, 5.74) is 6.78. The van der Waals surface area contributed by atoms with E-state index in [0.717, 1.165) is 24.1 Å². The van der Waals surface area contributed by atoms with Gasteiger partial charge in [0.1, 0.15) is 5.01 Å². The molecule has 3 nitrogen and oxygen atoms in total. The van der Waals surface area contributed by atoms with Gasteiger partial charge in [0.15, 0.2) is 0 Å². The number of aromatic nitrogens is 1. The van der Waals surface area contributed by atoms with E-state index < -0.39 is 0 Å². The van der Waals surface area contributed by atoms with Crippen molar-refractivity contribution in [3.8, 4) is 0 Å². The number of hydrogen-bond donors (Lipinski definition) is 1. The first-order valence-electron chi connectivity index (χ1n) is 6.21. The molecule has 1 aromatic rings. The molecule has 1 saturated carbocycles. The van der Waals surface area contributed by atoms with Crippen molar-refractivity contribution in [1.82, 2.24) is 9.88 Å². The van der Waals surface area contributed by atoms with Crippen LogP contribution in [0.5, 0.6) is 0 Å². The van der Waals surface area contributed by atoms with Crippen molar-refractivity contribution in [3.63, 3.8) is 0 Å². The van der Waals surface area contributed by atoms with Crippen LogP contribution in [0, 0.1) is 0 Å². The Hall–Kier alpha value is -0.450. The van der Waals surface area contributed by atoms with Gasteiger partial charge in [0, 0.05) is 24.5 Å². The van der Waals surface area contributed by atoms with E-state index in [0.29, 0.717) is 6.54 Å². The molecule has 16 heavy (non-hydrogen) atoms. The Morgan fingerprint density at radius 3 is 2.81 bits per heavy atom. The highest BCUT2D eigenvalue weighted by Gasteiger charge is 2.21. The van der Waals surface area contributed by atoms with E-state index >= 15 is 0 Å².